The van der Waals surface area contributed by atoms with Crippen LogP contribution in [0.15, 0.2) is 23.8 Å². The van der Waals surface area contributed by atoms with Gasteiger partial charge in [0.25, 0.3) is 0 Å². The van der Waals surface area contributed by atoms with Gasteiger partial charge < -0.3 is 4.74 Å². The fourth-order valence-corrected chi connectivity index (χ4v) is 1.39. The minimum Gasteiger partial charge on any atom is -0.465 e. The molecule has 0 heterocycles. The molecule has 1 rings (SSSR count). The van der Waals surface area contributed by atoms with Crippen LogP contribution >= 0.6 is 0 Å². The van der Waals surface area contributed by atoms with Crippen molar-refractivity contribution in [3.63, 3.8) is 0 Å². The number of carbonyl (C=O) groups is 1. The van der Waals surface area contributed by atoms with Crippen molar-refractivity contribution in [1.82, 2.24) is 0 Å². The second-order valence-corrected chi connectivity index (χ2v) is 3.52. The molecule has 0 spiro atoms. The van der Waals surface area contributed by atoms with E-state index in [0.29, 0.717) is 0 Å². The fraction of sp³-hybridized carbons (Fsp3) is 0.231. The second-order valence-electron chi connectivity index (χ2n) is 3.52. The van der Waals surface area contributed by atoms with Crippen LogP contribution in [0, 0.1) is 25.2 Å². The average molecular weight is 215 g/mol. The van der Waals surface area contributed by atoms with Crippen LogP contribution in [-0.2, 0) is 9.53 Å². The highest BCUT2D eigenvalue weighted by Crippen LogP contribution is 2.14. The van der Waals surface area contributed by atoms with Crippen molar-refractivity contribution in [3.8, 4) is 6.07 Å². The lowest BCUT2D eigenvalue weighted by molar-refractivity contribution is -0.135. The molecular weight excluding hydrogens is 202 g/mol. The number of ether oxygens (including phenoxy) is 1. The molecule has 1 aromatic rings. The Labute approximate surface area is 95.0 Å². The number of rotatable bonds is 2. The van der Waals surface area contributed by atoms with Crippen molar-refractivity contribution >= 4 is 12.0 Å². The summed E-state index contributed by atoms with van der Waals surface area (Å²) >= 11 is 0. The zero-order valence-electron chi connectivity index (χ0n) is 9.57. The summed E-state index contributed by atoms with van der Waals surface area (Å²) < 4.78 is 4.51. The lowest BCUT2D eigenvalue weighted by Gasteiger charge is -2.02. The van der Waals surface area contributed by atoms with Crippen LogP contribution in [0.4, 0.5) is 0 Å². The summed E-state index contributed by atoms with van der Waals surface area (Å²) in [6.45, 7) is 3.93. The molecule has 3 nitrogen and oxygen atoms in total. The van der Waals surface area contributed by atoms with Crippen LogP contribution in [0.5, 0.6) is 0 Å². The van der Waals surface area contributed by atoms with Gasteiger partial charge in [-0.15, -0.1) is 0 Å². The lowest BCUT2D eigenvalue weighted by atomic mass is 10.0. The van der Waals surface area contributed by atoms with E-state index in [2.05, 4.69) is 4.74 Å². The van der Waals surface area contributed by atoms with Gasteiger partial charge >= 0.3 is 5.97 Å². The van der Waals surface area contributed by atoms with E-state index < -0.39 is 5.97 Å². The molecule has 0 bridgehead atoms. The van der Waals surface area contributed by atoms with Gasteiger partial charge in [-0.05, 0) is 31.1 Å². The molecule has 0 N–H and O–H groups in total. The van der Waals surface area contributed by atoms with Crippen LogP contribution in [0.2, 0.25) is 0 Å². The molecular formula is C13H13NO2. The van der Waals surface area contributed by atoms with Gasteiger partial charge in [0.2, 0.25) is 0 Å². The number of hydrogen-bond donors (Lipinski definition) is 0. The van der Waals surface area contributed by atoms with E-state index in [-0.39, 0.29) is 5.57 Å². The highest BCUT2D eigenvalue weighted by atomic mass is 16.5. The maximum absolute atomic E-state index is 11.2. The van der Waals surface area contributed by atoms with Gasteiger partial charge in [0, 0.05) is 0 Å². The van der Waals surface area contributed by atoms with Gasteiger partial charge in [-0.3, -0.25) is 0 Å². The molecule has 0 saturated heterocycles. The smallest absolute Gasteiger partial charge is 0.348 e. The third-order valence-corrected chi connectivity index (χ3v) is 2.25. The van der Waals surface area contributed by atoms with E-state index in [1.54, 1.807) is 6.08 Å². The first-order valence-corrected chi connectivity index (χ1v) is 4.86. The molecule has 82 valence electrons. The molecule has 0 aromatic heterocycles. The predicted molar refractivity (Wildman–Crippen MR) is 61.5 cm³/mol. The molecule has 16 heavy (non-hydrogen) atoms. The molecule has 0 fully saturated rings. The van der Waals surface area contributed by atoms with Gasteiger partial charge in [-0.2, -0.15) is 5.26 Å². The predicted octanol–water partition coefficient (Wildman–Crippen LogP) is 2.38. The Balaban J connectivity index is 3.15. The number of hydrogen-bond acceptors (Lipinski definition) is 3. The molecule has 0 amide bonds. The van der Waals surface area contributed by atoms with E-state index in [0.717, 1.165) is 16.7 Å². The van der Waals surface area contributed by atoms with E-state index >= 15 is 0 Å². The molecule has 0 unspecified atom stereocenters. The standard InChI is InChI=1S/C13H13NO2/c1-9-4-5-11(10(2)6-9)7-12(8-14)13(15)16-3/h4-7H,1-3H3/b12-7-. The summed E-state index contributed by atoms with van der Waals surface area (Å²) in [4.78, 5) is 11.2. The molecule has 0 aliphatic rings. The van der Waals surface area contributed by atoms with E-state index in [1.165, 1.54) is 7.11 Å². The second kappa shape index (κ2) is 5.13. The van der Waals surface area contributed by atoms with Gasteiger partial charge in [0.1, 0.15) is 11.6 Å². The highest BCUT2D eigenvalue weighted by molar-refractivity contribution is 5.97. The summed E-state index contributed by atoms with van der Waals surface area (Å²) in [5.74, 6) is -0.609. The number of methoxy groups -OCH3 is 1. The third-order valence-electron chi connectivity index (χ3n) is 2.25. The number of nitriles is 1. The number of esters is 1. The Bertz CT molecular complexity index is 481. The Morgan fingerprint density at radius 2 is 2.12 bits per heavy atom. The summed E-state index contributed by atoms with van der Waals surface area (Å²) in [7, 11) is 1.26. The van der Waals surface area contributed by atoms with E-state index in [1.807, 2.05) is 38.1 Å². The minimum atomic E-state index is -0.609. The van der Waals surface area contributed by atoms with Crippen molar-refractivity contribution in [2.24, 2.45) is 0 Å². The Morgan fingerprint density at radius 3 is 2.62 bits per heavy atom. The van der Waals surface area contributed by atoms with Gasteiger partial charge in [0.15, 0.2) is 0 Å². The largest absolute Gasteiger partial charge is 0.465 e. The van der Waals surface area contributed by atoms with Crippen molar-refractivity contribution in [2.75, 3.05) is 7.11 Å². The Morgan fingerprint density at radius 1 is 1.44 bits per heavy atom. The van der Waals surface area contributed by atoms with Crippen molar-refractivity contribution < 1.29 is 9.53 Å². The monoisotopic (exact) mass is 215 g/mol. The summed E-state index contributed by atoms with van der Waals surface area (Å²) in [5.41, 5.74) is 3.03. The van der Waals surface area contributed by atoms with Crippen molar-refractivity contribution in [3.05, 3.63) is 40.5 Å². The number of benzene rings is 1. The quantitative estimate of drug-likeness (QED) is 0.432. The third kappa shape index (κ3) is 2.71. The zero-order valence-corrected chi connectivity index (χ0v) is 9.57. The van der Waals surface area contributed by atoms with Gasteiger partial charge in [0.05, 0.1) is 7.11 Å². The van der Waals surface area contributed by atoms with Crippen LogP contribution in [0.25, 0.3) is 6.08 Å². The molecule has 3 heteroatoms. The number of nitrogens with zero attached hydrogens (tertiary/aromatic N) is 1. The number of carbonyl (C=O) groups excluding carboxylic acids is 1. The first-order valence-electron chi connectivity index (χ1n) is 4.86. The SMILES string of the molecule is COC(=O)/C(C#N)=C\c1ccc(C)cc1C. The highest BCUT2D eigenvalue weighted by Gasteiger charge is 2.08. The molecule has 0 aliphatic heterocycles. The maximum atomic E-state index is 11.2. The molecule has 1 aromatic carbocycles. The molecule has 0 radical (unpaired) electrons. The number of aryl methyl sites for hydroxylation is 2. The minimum absolute atomic E-state index is 0.00875. The summed E-state index contributed by atoms with van der Waals surface area (Å²) in [6, 6.07) is 7.64. The summed E-state index contributed by atoms with van der Waals surface area (Å²) in [5, 5.41) is 8.82. The van der Waals surface area contributed by atoms with Crippen LogP contribution in [-0.4, -0.2) is 13.1 Å². The topological polar surface area (TPSA) is 50.1 Å². The van der Waals surface area contributed by atoms with E-state index in [4.69, 9.17) is 5.26 Å². The first kappa shape index (κ1) is 12.0. The van der Waals surface area contributed by atoms with Crippen LogP contribution in [0.3, 0.4) is 0 Å². The van der Waals surface area contributed by atoms with Crippen molar-refractivity contribution in [2.45, 2.75) is 13.8 Å². The van der Waals surface area contributed by atoms with Gasteiger partial charge in [-0.25, -0.2) is 4.79 Å². The first-order chi connectivity index (χ1) is 7.58. The molecule has 0 aliphatic carbocycles. The van der Waals surface area contributed by atoms with Crippen LogP contribution < -0.4 is 0 Å². The maximum Gasteiger partial charge on any atom is 0.348 e. The summed E-state index contributed by atoms with van der Waals surface area (Å²) in [6.07, 6.45) is 1.54. The van der Waals surface area contributed by atoms with Crippen molar-refractivity contribution in [1.29, 1.82) is 5.26 Å². The molecule has 0 atom stereocenters. The lowest BCUT2D eigenvalue weighted by Crippen LogP contribution is -2.02. The Hall–Kier alpha value is -2.08. The molecule has 0 saturated carbocycles. The van der Waals surface area contributed by atoms with Gasteiger partial charge in [-0.1, -0.05) is 23.8 Å². The average Bonchev–Trinajstić information content (AvgIpc) is 2.27. The van der Waals surface area contributed by atoms with E-state index in [9.17, 15) is 4.79 Å². The van der Waals surface area contributed by atoms with Crippen LogP contribution in [0.1, 0.15) is 16.7 Å². The normalized spacial score (nSPS) is 10.8. The Kier molecular flexibility index (Phi) is 3.84. The fourth-order valence-electron chi connectivity index (χ4n) is 1.39. The zero-order chi connectivity index (χ0) is 12.1.